The summed E-state index contributed by atoms with van der Waals surface area (Å²) in [5.41, 5.74) is 9.74. The van der Waals surface area contributed by atoms with Gasteiger partial charge in [-0.05, 0) is 129 Å². The van der Waals surface area contributed by atoms with Crippen LogP contribution in [0.3, 0.4) is 0 Å². The average molecular weight is 1430 g/mol. The second kappa shape index (κ2) is 56.5. The zero-order valence-electron chi connectivity index (χ0n) is 62.7. The van der Waals surface area contributed by atoms with E-state index in [1.165, 1.54) is 99.8 Å². The Bertz CT molecular complexity index is 3220. The standard InChI is InChI=1S/C88H118O16/c1-4-5-6-7-8-9-10-11-12-13-14-15-16-17-22-84-85-23-18-20-80(35-29-74-25-31-76(32-26-74)78-37-41-82(42-38-78)103-71-69-101-67-65-99-63-61-97-59-57-95-55-53-93-51-49-91-47-45-89-2)87(85)73-88-81(21-19-24-86(84)88)36-30-75-27-33-77(34-28-75)79-39-43-83(44-40-79)104-72-70-102-68-66-100-64-62-98-60-58-96-56-54-94-52-50-92-48-46-90-3/h18-21,23-28,31-34,37-44,73H,4-17,22,45-72H2,1-3H3. The van der Waals surface area contributed by atoms with Crippen LogP contribution < -0.4 is 9.47 Å². The number of aryl methyl sites for hydroxylation is 1. The number of hydrogen-bond acceptors (Lipinski definition) is 16. The lowest BCUT2D eigenvalue weighted by molar-refractivity contribution is -0.0199. The number of methoxy groups -OCH3 is 2. The molecular weight excluding hydrogens is 1310 g/mol. The van der Waals surface area contributed by atoms with Gasteiger partial charge in [0, 0.05) is 36.5 Å². The largest absolute Gasteiger partial charge is 0.491 e. The first-order valence-electron chi connectivity index (χ1n) is 38.2. The van der Waals surface area contributed by atoms with Crippen molar-refractivity contribution in [2.24, 2.45) is 0 Å². The van der Waals surface area contributed by atoms with Crippen molar-refractivity contribution in [3.05, 3.63) is 167 Å². The molecule has 0 aliphatic carbocycles. The summed E-state index contributed by atoms with van der Waals surface area (Å²) in [5.74, 6) is 15.9. The number of hydrogen-bond donors (Lipinski definition) is 0. The maximum absolute atomic E-state index is 5.98. The summed E-state index contributed by atoms with van der Waals surface area (Å²) in [6.45, 7) is 16.6. The zero-order chi connectivity index (χ0) is 72.5. The van der Waals surface area contributed by atoms with Crippen LogP contribution in [0, 0.1) is 23.7 Å². The molecule has 0 bridgehead atoms. The molecule has 0 atom stereocenters. The van der Waals surface area contributed by atoms with Gasteiger partial charge in [0.25, 0.3) is 0 Å². The minimum Gasteiger partial charge on any atom is -0.491 e. The van der Waals surface area contributed by atoms with E-state index >= 15 is 0 Å². The first kappa shape index (κ1) is 84.5. The van der Waals surface area contributed by atoms with Crippen LogP contribution >= 0.6 is 0 Å². The molecule has 0 radical (unpaired) electrons. The van der Waals surface area contributed by atoms with E-state index in [0.29, 0.717) is 185 Å². The van der Waals surface area contributed by atoms with Crippen molar-refractivity contribution < 1.29 is 75.8 Å². The van der Waals surface area contributed by atoms with E-state index in [2.05, 4.69) is 146 Å². The molecule has 566 valence electrons. The van der Waals surface area contributed by atoms with Gasteiger partial charge in [0.05, 0.1) is 172 Å². The van der Waals surface area contributed by atoms with Gasteiger partial charge in [-0.2, -0.15) is 0 Å². The van der Waals surface area contributed by atoms with Gasteiger partial charge in [-0.15, -0.1) is 0 Å². The second-order valence-corrected chi connectivity index (χ2v) is 25.2. The molecule has 0 aliphatic rings. The van der Waals surface area contributed by atoms with Crippen LogP contribution in [-0.4, -0.2) is 199 Å². The molecule has 7 aromatic rings. The molecule has 0 aliphatic heterocycles. The van der Waals surface area contributed by atoms with E-state index in [0.717, 1.165) is 79.6 Å². The normalized spacial score (nSPS) is 11.3. The number of unbranched alkanes of at least 4 members (excludes halogenated alkanes) is 13. The van der Waals surface area contributed by atoms with Crippen molar-refractivity contribution in [3.63, 3.8) is 0 Å². The van der Waals surface area contributed by atoms with Crippen LogP contribution in [0.2, 0.25) is 0 Å². The van der Waals surface area contributed by atoms with E-state index in [-0.39, 0.29) is 0 Å². The fraction of sp³-hybridized carbons (Fsp3) is 0.523. The maximum atomic E-state index is 5.98. The third-order valence-electron chi connectivity index (χ3n) is 17.3. The van der Waals surface area contributed by atoms with E-state index in [4.69, 9.17) is 75.8 Å². The highest BCUT2D eigenvalue weighted by Gasteiger charge is 2.13. The molecule has 0 saturated carbocycles. The molecule has 7 rings (SSSR count). The highest BCUT2D eigenvalue weighted by atomic mass is 16.6. The molecule has 16 heteroatoms. The van der Waals surface area contributed by atoms with Crippen molar-refractivity contribution in [1.29, 1.82) is 0 Å². The summed E-state index contributed by atoms with van der Waals surface area (Å²) in [4.78, 5) is 0. The fourth-order valence-electron chi connectivity index (χ4n) is 11.6. The minimum absolute atomic E-state index is 0.444. The Morgan fingerprint density at radius 1 is 0.240 bits per heavy atom. The van der Waals surface area contributed by atoms with E-state index in [1.54, 1.807) is 14.2 Å². The molecule has 7 aromatic carbocycles. The molecule has 0 fully saturated rings. The summed E-state index contributed by atoms with van der Waals surface area (Å²) in [5, 5.41) is 4.86. The highest BCUT2D eigenvalue weighted by Crippen LogP contribution is 2.34. The van der Waals surface area contributed by atoms with Crippen LogP contribution in [0.15, 0.2) is 140 Å². The van der Waals surface area contributed by atoms with Crippen LogP contribution in [-0.2, 0) is 72.7 Å². The van der Waals surface area contributed by atoms with Gasteiger partial charge in [0.15, 0.2) is 0 Å². The Kier molecular flexibility index (Phi) is 45.9. The topological polar surface area (TPSA) is 148 Å². The predicted octanol–water partition coefficient (Wildman–Crippen LogP) is 16.4. The Balaban J connectivity index is 0.856. The van der Waals surface area contributed by atoms with Gasteiger partial charge < -0.3 is 75.8 Å². The second-order valence-electron chi connectivity index (χ2n) is 25.2. The number of rotatable bonds is 61. The van der Waals surface area contributed by atoms with Crippen LogP contribution in [0.4, 0.5) is 0 Å². The molecule has 0 aromatic heterocycles. The summed E-state index contributed by atoms with van der Waals surface area (Å²) in [6, 6.07) is 48.9. The minimum atomic E-state index is 0.444. The molecule has 0 spiro atoms. The average Bonchev–Trinajstić information content (AvgIpc) is 0.757. The summed E-state index contributed by atoms with van der Waals surface area (Å²) in [7, 11) is 3.30. The predicted molar refractivity (Wildman–Crippen MR) is 416 cm³/mol. The number of benzene rings is 7. The summed E-state index contributed by atoms with van der Waals surface area (Å²) in [6.07, 6.45) is 19.7. The van der Waals surface area contributed by atoms with Gasteiger partial charge in [-0.1, -0.05) is 187 Å². The lowest BCUT2D eigenvalue weighted by Gasteiger charge is -2.14. The van der Waals surface area contributed by atoms with E-state index in [9.17, 15) is 0 Å². The molecule has 16 nitrogen and oxygen atoms in total. The Morgan fingerprint density at radius 3 is 0.788 bits per heavy atom. The third-order valence-corrected chi connectivity index (χ3v) is 17.3. The lowest BCUT2D eigenvalue weighted by Crippen LogP contribution is -2.15. The van der Waals surface area contributed by atoms with Crippen LogP contribution in [0.1, 0.15) is 125 Å². The smallest absolute Gasteiger partial charge is 0.119 e. The first-order valence-corrected chi connectivity index (χ1v) is 38.2. The molecule has 0 heterocycles. The van der Waals surface area contributed by atoms with Gasteiger partial charge >= 0.3 is 0 Å². The van der Waals surface area contributed by atoms with Crippen molar-refractivity contribution in [3.8, 4) is 57.4 Å². The Hall–Kier alpha value is -6.78. The molecule has 104 heavy (non-hydrogen) atoms. The summed E-state index contributed by atoms with van der Waals surface area (Å²) >= 11 is 0. The lowest BCUT2D eigenvalue weighted by atomic mass is 9.89. The Morgan fingerprint density at radius 2 is 0.500 bits per heavy atom. The SMILES string of the molecule is CCCCCCCCCCCCCCCCc1c2cccc(C#Cc3ccc(-c4ccc(OCCOCCOCCOCCOCCOCCOCCOC)cc4)cc3)c2cc2c(C#Cc3ccc(-c4ccc(OCCOCCOCCOCCOCCOCCOCCOC)cc4)cc3)cccc12. The van der Waals surface area contributed by atoms with Gasteiger partial charge in [-0.25, -0.2) is 0 Å². The van der Waals surface area contributed by atoms with Crippen LogP contribution in [0.25, 0.3) is 43.8 Å². The molecule has 0 saturated heterocycles. The van der Waals surface area contributed by atoms with Crippen molar-refractivity contribution in [2.75, 3.05) is 199 Å². The fourth-order valence-corrected chi connectivity index (χ4v) is 11.6. The van der Waals surface area contributed by atoms with Crippen molar-refractivity contribution in [2.45, 2.75) is 103 Å². The third kappa shape index (κ3) is 36.0. The van der Waals surface area contributed by atoms with Crippen LogP contribution in [0.5, 0.6) is 11.5 Å². The van der Waals surface area contributed by atoms with Crippen molar-refractivity contribution in [1.82, 2.24) is 0 Å². The number of ether oxygens (including phenoxy) is 16. The molecule has 0 N–H and O–H groups in total. The van der Waals surface area contributed by atoms with Gasteiger partial charge in [0.1, 0.15) is 24.7 Å². The highest BCUT2D eigenvalue weighted by molar-refractivity contribution is 6.06. The van der Waals surface area contributed by atoms with E-state index < -0.39 is 0 Å². The van der Waals surface area contributed by atoms with Gasteiger partial charge in [-0.3, -0.25) is 0 Å². The van der Waals surface area contributed by atoms with Crippen molar-refractivity contribution >= 4 is 21.5 Å². The van der Waals surface area contributed by atoms with E-state index in [1.807, 2.05) is 24.3 Å². The molecular formula is C88H118O16. The summed E-state index contributed by atoms with van der Waals surface area (Å²) < 4.78 is 88.5. The molecule has 0 unspecified atom stereocenters. The monoisotopic (exact) mass is 1430 g/mol. The number of fused-ring (bicyclic) bond motifs is 2. The molecule has 0 amide bonds. The zero-order valence-corrected chi connectivity index (χ0v) is 62.7. The quantitative estimate of drug-likeness (QED) is 0.0202. The Labute approximate surface area is 621 Å². The van der Waals surface area contributed by atoms with Gasteiger partial charge in [0.2, 0.25) is 0 Å². The first-order chi connectivity index (χ1) is 51.6. The maximum Gasteiger partial charge on any atom is 0.119 e.